The third-order valence-corrected chi connectivity index (χ3v) is 5.76. The number of guanidine groups is 1. The number of hydrogen-bond donors (Lipinski definition) is 2. The first-order valence-corrected chi connectivity index (χ1v) is 11.4. The van der Waals surface area contributed by atoms with Crippen LogP contribution in [0.3, 0.4) is 0 Å². The molecule has 0 amide bonds. The van der Waals surface area contributed by atoms with E-state index in [1.165, 1.54) is 57.8 Å². The Bertz CT molecular complexity index is 638. The van der Waals surface area contributed by atoms with Crippen LogP contribution in [0.25, 0.3) is 0 Å². The maximum absolute atomic E-state index is 14.0. The van der Waals surface area contributed by atoms with Crippen LogP contribution in [-0.4, -0.2) is 67.7 Å². The van der Waals surface area contributed by atoms with E-state index in [1.807, 2.05) is 4.90 Å². The standard InChI is InChI=1S/C22H37FN6.HI/c1-2-24-22(26-12-5-3-6-14-28-15-7-4-8-16-28)27-19-11-17-29(18-19)21-20(23)10-9-13-25-21;/h9-10,13,19H,2-8,11-12,14-18H2,1H3,(H2,24,26,27);1H. The van der Waals surface area contributed by atoms with Gasteiger partial charge >= 0.3 is 0 Å². The van der Waals surface area contributed by atoms with E-state index in [9.17, 15) is 4.39 Å². The molecule has 1 atom stereocenters. The second-order valence-corrected chi connectivity index (χ2v) is 8.11. The molecule has 170 valence electrons. The Morgan fingerprint density at radius 2 is 2.03 bits per heavy atom. The van der Waals surface area contributed by atoms with Crippen LogP contribution in [0.2, 0.25) is 0 Å². The summed E-state index contributed by atoms with van der Waals surface area (Å²) >= 11 is 0. The summed E-state index contributed by atoms with van der Waals surface area (Å²) in [7, 11) is 0. The van der Waals surface area contributed by atoms with E-state index in [4.69, 9.17) is 4.99 Å². The highest BCUT2D eigenvalue weighted by Crippen LogP contribution is 2.20. The summed E-state index contributed by atoms with van der Waals surface area (Å²) < 4.78 is 14.0. The molecule has 2 fully saturated rings. The van der Waals surface area contributed by atoms with Crippen molar-refractivity contribution in [3.63, 3.8) is 0 Å². The van der Waals surface area contributed by atoms with Gasteiger partial charge in [-0.15, -0.1) is 24.0 Å². The number of nitrogens with zero attached hydrogens (tertiary/aromatic N) is 4. The summed E-state index contributed by atoms with van der Waals surface area (Å²) in [6.07, 6.45) is 10.4. The third kappa shape index (κ3) is 8.17. The number of nitrogens with one attached hydrogen (secondary N) is 2. The summed E-state index contributed by atoms with van der Waals surface area (Å²) in [5.74, 6) is 1.07. The molecule has 3 heterocycles. The molecule has 1 unspecified atom stereocenters. The predicted molar refractivity (Wildman–Crippen MR) is 133 cm³/mol. The summed E-state index contributed by atoms with van der Waals surface area (Å²) in [5, 5.41) is 6.86. The molecule has 0 saturated carbocycles. The number of hydrogen-bond acceptors (Lipinski definition) is 4. The molecular formula is C22H38FIN6. The Morgan fingerprint density at radius 1 is 1.20 bits per heavy atom. The first-order chi connectivity index (χ1) is 14.3. The largest absolute Gasteiger partial charge is 0.357 e. The molecule has 8 heteroatoms. The van der Waals surface area contributed by atoms with Crippen molar-refractivity contribution < 1.29 is 4.39 Å². The molecule has 2 aliphatic rings. The lowest BCUT2D eigenvalue weighted by molar-refractivity contribution is 0.224. The monoisotopic (exact) mass is 532 g/mol. The zero-order chi connectivity index (χ0) is 20.3. The van der Waals surface area contributed by atoms with Crippen molar-refractivity contribution in [2.45, 2.75) is 57.9 Å². The molecule has 2 aliphatic heterocycles. The normalized spacial score (nSPS) is 20.1. The lowest BCUT2D eigenvalue weighted by Crippen LogP contribution is -2.44. The highest BCUT2D eigenvalue weighted by atomic mass is 127. The van der Waals surface area contributed by atoms with Gasteiger partial charge in [0.15, 0.2) is 17.6 Å². The maximum atomic E-state index is 14.0. The fourth-order valence-corrected chi connectivity index (χ4v) is 4.19. The van der Waals surface area contributed by atoms with E-state index >= 15 is 0 Å². The van der Waals surface area contributed by atoms with Crippen molar-refractivity contribution in [1.82, 2.24) is 20.5 Å². The summed E-state index contributed by atoms with van der Waals surface area (Å²) in [4.78, 5) is 13.6. The number of rotatable bonds is 9. The number of pyridine rings is 1. The zero-order valence-corrected chi connectivity index (χ0v) is 20.6. The summed E-state index contributed by atoms with van der Waals surface area (Å²) in [6, 6.07) is 3.36. The summed E-state index contributed by atoms with van der Waals surface area (Å²) in [5.41, 5.74) is 0. The third-order valence-electron chi connectivity index (χ3n) is 5.76. The fourth-order valence-electron chi connectivity index (χ4n) is 4.19. The van der Waals surface area contributed by atoms with Crippen LogP contribution < -0.4 is 15.5 Å². The minimum absolute atomic E-state index is 0. The first-order valence-electron chi connectivity index (χ1n) is 11.4. The average molecular weight is 532 g/mol. The Kier molecular flexibility index (Phi) is 11.7. The molecule has 2 saturated heterocycles. The molecule has 30 heavy (non-hydrogen) atoms. The van der Waals surface area contributed by atoms with Gasteiger partial charge in [0.05, 0.1) is 0 Å². The van der Waals surface area contributed by atoms with Gasteiger partial charge in [0.2, 0.25) is 0 Å². The highest BCUT2D eigenvalue weighted by Gasteiger charge is 2.25. The van der Waals surface area contributed by atoms with Gasteiger partial charge in [-0.3, -0.25) is 4.99 Å². The Morgan fingerprint density at radius 3 is 2.80 bits per heavy atom. The number of unbranched alkanes of at least 4 members (excludes halogenated alkanes) is 2. The van der Waals surface area contributed by atoms with Crippen LogP contribution in [0.4, 0.5) is 10.2 Å². The van der Waals surface area contributed by atoms with Crippen molar-refractivity contribution in [1.29, 1.82) is 0 Å². The van der Waals surface area contributed by atoms with E-state index in [1.54, 1.807) is 12.3 Å². The van der Waals surface area contributed by atoms with E-state index in [0.717, 1.165) is 45.0 Å². The maximum Gasteiger partial charge on any atom is 0.191 e. The quantitative estimate of drug-likeness (QED) is 0.220. The van der Waals surface area contributed by atoms with Gasteiger partial charge in [0.25, 0.3) is 0 Å². The number of anilines is 1. The molecule has 0 bridgehead atoms. The molecular weight excluding hydrogens is 494 g/mol. The lowest BCUT2D eigenvalue weighted by Gasteiger charge is -2.26. The van der Waals surface area contributed by atoms with Crippen molar-refractivity contribution >= 4 is 35.8 Å². The average Bonchev–Trinajstić information content (AvgIpc) is 3.20. The van der Waals surface area contributed by atoms with Gasteiger partial charge in [-0.1, -0.05) is 12.8 Å². The topological polar surface area (TPSA) is 55.8 Å². The molecule has 2 N–H and O–H groups in total. The second-order valence-electron chi connectivity index (χ2n) is 8.11. The molecule has 0 aromatic carbocycles. The number of likely N-dealkylation sites (tertiary alicyclic amines) is 1. The molecule has 3 rings (SSSR count). The number of halogens is 2. The van der Waals surface area contributed by atoms with E-state index in [0.29, 0.717) is 5.82 Å². The first kappa shape index (κ1) is 25.1. The molecule has 0 spiro atoms. The number of piperidine rings is 1. The SMILES string of the molecule is CCNC(=NCCCCCN1CCCCC1)NC1CCN(c2ncccc2F)C1.I. The Balaban J connectivity index is 0.00000320. The number of aliphatic imine (C=N–C) groups is 1. The van der Waals surface area contributed by atoms with Gasteiger partial charge in [-0.05, 0) is 70.8 Å². The Labute approximate surface area is 198 Å². The van der Waals surface area contributed by atoms with Crippen molar-refractivity contribution in [2.75, 3.05) is 50.7 Å². The van der Waals surface area contributed by atoms with Gasteiger partial charge in [0, 0.05) is 38.4 Å². The molecule has 6 nitrogen and oxygen atoms in total. The summed E-state index contributed by atoms with van der Waals surface area (Å²) in [6.45, 7) is 9.13. The fraction of sp³-hybridized carbons (Fsp3) is 0.727. The number of aromatic nitrogens is 1. The minimum atomic E-state index is -0.252. The van der Waals surface area contributed by atoms with E-state index in [2.05, 4.69) is 27.4 Å². The highest BCUT2D eigenvalue weighted by molar-refractivity contribution is 14.0. The van der Waals surface area contributed by atoms with Crippen LogP contribution in [0.1, 0.15) is 51.9 Å². The lowest BCUT2D eigenvalue weighted by atomic mass is 10.1. The van der Waals surface area contributed by atoms with Gasteiger partial charge in [0.1, 0.15) is 0 Å². The van der Waals surface area contributed by atoms with Crippen molar-refractivity contribution in [3.05, 3.63) is 24.1 Å². The van der Waals surface area contributed by atoms with Gasteiger partial charge in [-0.2, -0.15) is 0 Å². The van der Waals surface area contributed by atoms with Gasteiger partial charge in [-0.25, -0.2) is 9.37 Å². The van der Waals surface area contributed by atoms with Gasteiger partial charge < -0.3 is 20.4 Å². The second kappa shape index (κ2) is 14.0. The van der Waals surface area contributed by atoms with Crippen LogP contribution in [-0.2, 0) is 0 Å². The van der Waals surface area contributed by atoms with Crippen molar-refractivity contribution in [3.8, 4) is 0 Å². The van der Waals surface area contributed by atoms with E-state index < -0.39 is 0 Å². The zero-order valence-electron chi connectivity index (χ0n) is 18.3. The molecule has 0 aliphatic carbocycles. The minimum Gasteiger partial charge on any atom is -0.357 e. The van der Waals surface area contributed by atoms with Crippen LogP contribution in [0, 0.1) is 5.82 Å². The predicted octanol–water partition coefficient (Wildman–Crippen LogP) is 3.63. The van der Waals surface area contributed by atoms with Crippen molar-refractivity contribution in [2.24, 2.45) is 4.99 Å². The molecule has 1 aromatic rings. The van der Waals surface area contributed by atoms with Crippen LogP contribution >= 0.6 is 24.0 Å². The van der Waals surface area contributed by atoms with E-state index in [-0.39, 0.29) is 35.8 Å². The molecule has 0 radical (unpaired) electrons. The van der Waals surface area contributed by atoms with Crippen LogP contribution in [0.5, 0.6) is 0 Å². The smallest absolute Gasteiger partial charge is 0.191 e. The Hall–Kier alpha value is -1.16. The van der Waals surface area contributed by atoms with Crippen LogP contribution in [0.15, 0.2) is 23.3 Å². The molecule has 1 aromatic heterocycles.